The van der Waals surface area contributed by atoms with Crippen LogP contribution in [0.1, 0.15) is 25.7 Å². The molecule has 2 aliphatic rings. The number of hydrogen-bond acceptors (Lipinski definition) is 4. The molecule has 1 heterocycles. The first-order chi connectivity index (χ1) is 12.6. The van der Waals surface area contributed by atoms with Crippen LogP contribution in [0.4, 0.5) is 0 Å². The molecule has 5 nitrogen and oxygen atoms in total. The number of thioether (sulfide) groups is 1. The molecular weight excluding hydrogens is 370 g/mol. The second-order valence-electron chi connectivity index (χ2n) is 6.90. The quantitative estimate of drug-likeness (QED) is 0.543. The Morgan fingerprint density at radius 1 is 1.12 bits per heavy atom. The van der Waals surface area contributed by atoms with Crippen LogP contribution in [0.2, 0.25) is 5.02 Å². The number of nitrogens with zero attached hydrogens (tertiary/aromatic N) is 2. The average Bonchev–Trinajstić information content (AvgIpc) is 3.44. The average molecular weight is 396 g/mol. The van der Waals surface area contributed by atoms with Gasteiger partial charge in [-0.25, -0.2) is 0 Å². The molecule has 1 saturated heterocycles. The van der Waals surface area contributed by atoms with Gasteiger partial charge in [-0.2, -0.15) is 0 Å². The summed E-state index contributed by atoms with van der Waals surface area (Å²) < 4.78 is 0. The highest BCUT2D eigenvalue weighted by Gasteiger charge is 2.26. The highest BCUT2D eigenvalue weighted by molar-refractivity contribution is 7.99. The topological polar surface area (TPSA) is 52.7 Å². The van der Waals surface area contributed by atoms with Crippen LogP contribution in [0.25, 0.3) is 0 Å². The van der Waals surface area contributed by atoms with Crippen molar-refractivity contribution in [2.24, 2.45) is 0 Å². The molecule has 0 spiro atoms. The Morgan fingerprint density at radius 3 is 2.46 bits per heavy atom. The summed E-state index contributed by atoms with van der Waals surface area (Å²) in [6.45, 7) is 3.46. The molecule has 1 aliphatic heterocycles. The Balaban J connectivity index is 1.28. The molecule has 2 amide bonds. The van der Waals surface area contributed by atoms with E-state index >= 15 is 0 Å². The van der Waals surface area contributed by atoms with Crippen LogP contribution in [-0.2, 0) is 9.59 Å². The first-order valence-corrected chi connectivity index (χ1v) is 10.6. The summed E-state index contributed by atoms with van der Waals surface area (Å²) in [5.41, 5.74) is 0. The van der Waals surface area contributed by atoms with Crippen LogP contribution in [0.3, 0.4) is 0 Å². The van der Waals surface area contributed by atoms with Gasteiger partial charge in [0.25, 0.3) is 0 Å². The molecule has 3 rings (SSSR count). The minimum absolute atomic E-state index is 0.117. The van der Waals surface area contributed by atoms with E-state index in [-0.39, 0.29) is 11.8 Å². The number of amides is 2. The zero-order valence-corrected chi connectivity index (χ0v) is 16.5. The molecule has 0 radical (unpaired) electrons. The normalized spacial score (nSPS) is 18.0. The van der Waals surface area contributed by atoms with Crippen molar-refractivity contribution in [3.8, 4) is 0 Å². The van der Waals surface area contributed by atoms with Gasteiger partial charge >= 0.3 is 0 Å². The van der Waals surface area contributed by atoms with Crippen molar-refractivity contribution in [3.05, 3.63) is 29.3 Å². The van der Waals surface area contributed by atoms with E-state index in [9.17, 15) is 9.59 Å². The van der Waals surface area contributed by atoms with Crippen molar-refractivity contribution in [3.63, 3.8) is 0 Å². The second-order valence-corrected chi connectivity index (χ2v) is 8.51. The summed E-state index contributed by atoms with van der Waals surface area (Å²) in [7, 11) is 0. The maximum absolute atomic E-state index is 12.3. The van der Waals surface area contributed by atoms with Crippen molar-refractivity contribution in [1.82, 2.24) is 15.1 Å². The monoisotopic (exact) mass is 395 g/mol. The number of carbonyl (C=O) groups excluding carboxylic acids is 2. The Labute approximate surface area is 164 Å². The zero-order chi connectivity index (χ0) is 18.4. The molecule has 0 bridgehead atoms. The van der Waals surface area contributed by atoms with Gasteiger partial charge in [0, 0.05) is 48.6 Å². The van der Waals surface area contributed by atoms with E-state index in [1.807, 2.05) is 29.2 Å². The summed E-state index contributed by atoms with van der Waals surface area (Å²) in [5.74, 6) is 1.27. The zero-order valence-electron chi connectivity index (χ0n) is 15.0. The fourth-order valence-corrected chi connectivity index (χ4v) is 3.94. The van der Waals surface area contributed by atoms with E-state index in [0.29, 0.717) is 19.0 Å². The minimum atomic E-state index is 0.117. The molecule has 142 valence electrons. The van der Waals surface area contributed by atoms with Crippen LogP contribution in [0.5, 0.6) is 0 Å². The Kier molecular flexibility index (Phi) is 7.23. The maximum atomic E-state index is 12.3. The number of carbonyl (C=O) groups is 2. The van der Waals surface area contributed by atoms with Gasteiger partial charge in [-0.1, -0.05) is 11.6 Å². The van der Waals surface area contributed by atoms with Gasteiger partial charge in [-0.05, 0) is 49.3 Å². The van der Waals surface area contributed by atoms with E-state index in [1.165, 1.54) is 4.90 Å². The minimum Gasteiger partial charge on any atom is -0.352 e. The van der Waals surface area contributed by atoms with Gasteiger partial charge in [0.15, 0.2) is 0 Å². The van der Waals surface area contributed by atoms with Gasteiger partial charge < -0.3 is 10.2 Å². The lowest BCUT2D eigenvalue weighted by Crippen LogP contribution is -2.51. The molecule has 1 aromatic carbocycles. The summed E-state index contributed by atoms with van der Waals surface area (Å²) >= 11 is 7.63. The number of piperazine rings is 1. The Morgan fingerprint density at radius 2 is 1.81 bits per heavy atom. The fourth-order valence-electron chi connectivity index (χ4n) is 2.96. The third kappa shape index (κ3) is 6.49. The van der Waals surface area contributed by atoms with Gasteiger partial charge in [-0.15, -0.1) is 11.8 Å². The number of benzene rings is 1. The molecule has 2 fully saturated rings. The van der Waals surface area contributed by atoms with Gasteiger partial charge in [-0.3, -0.25) is 14.5 Å². The SMILES string of the molecule is O=C(CN1CCN(C(=O)CCCSc2ccc(Cl)cc2)CC1)NC1CC1. The summed E-state index contributed by atoms with van der Waals surface area (Å²) in [6, 6.07) is 8.20. The standard InChI is InChI=1S/C19H26ClN3O2S/c20-15-3-7-17(8-4-15)26-13-1-2-19(25)23-11-9-22(10-12-23)14-18(24)21-16-5-6-16/h3-4,7-8,16H,1-2,5-6,9-14H2,(H,21,24). The highest BCUT2D eigenvalue weighted by atomic mass is 35.5. The Bertz CT molecular complexity index is 614. The van der Waals surface area contributed by atoms with Crippen molar-refractivity contribution in [2.75, 3.05) is 38.5 Å². The third-order valence-electron chi connectivity index (χ3n) is 4.65. The molecule has 0 unspecified atom stereocenters. The molecular formula is C19H26ClN3O2S. The van der Waals surface area contributed by atoms with Crippen molar-refractivity contribution in [1.29, 1.82) is 0 Å². The highest BCUT2D eigenvalue weighted by Crippen LogP contribution is 2.21. The van der Waals surface area contributed by atoms with Crippen LogP contribution >= 0.6 is 23.4 Å². The van der Waals surface area contributed by atoms with E-state index < -0.39 is 0 Å². The lowest BCUT2D eigenvalue weighted by Gasteiger charge is -2.34. The largest absolute Gasteiger partial charge is 0.352 e. The van der Waals surface area contributed by atoms with E-state index in [2.05, 4.69) is 10.2 Å². The van der Waals surface area contributed by atoms with Crippen LogP contribution in [0, 0.1) is 0 Å². The van der Waals surface area contributed by atoms with Crippen molar-refractivity contribution >= 4 is 35.2 Å². The smallest absolute Gasteiger partial charge is 0.234 e. The molecule has 1 aromatic rings. The van der Waals surface area contributed by atoms with Gasteiger partial charge in [0.2, 0.25) is 11.8 Å². The van der Waals surface area contributed by atoms with Gasteiger partial charge in [0.05, 0.1) is 6.54 Å². The molecule has 1 N–H and O–H groups in total. The molecule has 0 atom stereocenters. The summed E-state index contributed by atoms with van der Waals surface area (Å²) in [6.07, 6.45) is 3.69. The molecule has 26 heavy (non-hydrogen) atoms. The summed E-state index contributed by atoms with van der Waals surface area (Å²) in [4.78, 5) is 29.4. The molecule has 1 saturated carbocycles. The van der Waals surface area contributed by atoms with Crippen molar-refractivity contribution in [2.45, 2.75) is 36.6 Å². The number of halogens is 1. The van der Waals surface area contributed by atoms with E-state index in [1.54, 1.807) is 11.8 Å². The van der Waals surface area contributed by atoms with E-state index in [0.717, 1.165) is 56.2 Å². The molecule has 1 aliphatic carbocycles. The predicted octanol–water partition coefficient (Wildman–Crippen LogP) is 2.64. The lowest BCUT2D eigenvalue weighted by atomic mass is 10.2. The molecule has 0 aromatic heterocycles. The van der Waals surface area contributed by atoms with Gasteiger partial charge in [0.1, 0.15) is 0 Å². The number of hydrogen-bond donors (Lipinski definition) is 1. The predicted molar refractivity (Wildman–Crippen MR) is 106 cm³/mol. The first-order valence-electron chi connectivity index (χ1n) is 9.28. The van der Waals surface area contributed by atoms with Crippen LogP contribution in [-0.4, -0.2) is 66.1 Å². The fraction of sp³-hybridized carbons (Fsp3) is 0.579. The number of rotatable bonds is 8. The first kappa shape index (κ1) is 19.5. The van der Waals surface area contributed by atoms with Crippen LogP contribution in [0.15, 0.2) is 29.2 Å². The Hall–Kier alpha value is -1.24. The van der Waals surface area contributed by atoms with E-state index in [4.69, 9.17) is 11.6 Å². The molecule has 7 heteroatoms. The third-order valence-corrected chi connectivity index (χ3v) is 6.00. The summed E-state index contributed by atoms with van der Waals surface area (Å²) in [5, 5.41) is 3.76. The number of nitrogens with one attached hydrogen (secondary N) is 1. The second kappa shape index (κ2) is 9.62. The van der Waals surface area contributed by atoms with Crippen molar-refractivity contribution < 1.29 is 9.59 Å². The lowest BCUT2D eigenvalue weighted by molar-refractivity contribution is -0.133. The maximum Gasteiger partial charge on any atom is 0.234 e. The van der Waals surface area contributed by atoms with Crippen LogP contribution < -0.4 is 5.32 Å².